The second kappa shape index (κ2) is 10.6. The number of rotatable bonds is 10. The van der Waals surface area contributed by atoms with Crippen LogP contribution in [0, 0.1) is 0 Å². The maximum atomic E-state index is 11.8. The van der Waals surface area contributed by atoms with Crippen molar-refractivity contribution in [2.45, 2.75) is 42.7 Å². The summed E-state index contributed by atoms with van der Waals surface area (Å²) < 4.78 is 4.89. The van der Waals surface area contributed by atoms with Gasteiger partial charge in [-0.05, 0) is 5.57 Å². The van der Waals surface area contributed by atoms with Gasteiger partial charge in [0.2, 0.25) is 5.79 Å². The van der Waals surface area contributed by atoms with E-state index < -0.39 is 74.3 Å². The van der Waals surface area contributed by atoms with E-state index in [9.17, 15) is 40.2 Å². The van der Waals surface area contributed by atoms with E-state index in [4.69, 9.17) is 9.84 Å². The molecule has 160 valence electrons. The molecule has 6 atom stereocenters. The molecule has 0 aromatic carbocycles. The summed E-state index contributed by atoms with van der Waals surface area (Å²) in [5.41, 5.74) is 0.264. The standard InChI is InChI=1S/C16H26N2O10/c1-2-8(5-19)4-17-14(24)10(20)3-9(15(25)26)18-7-16(27)13(23)12(22)11(21)6-28-16/h2,4,9-13,18-23,27H,1,3,5-7H2,(H,17,24)(H,25,26)/b8-4-/t9-,10-,11+,12+,13-,16+/m0/s1. The van der Waals surface area contributed by atoms with Gasteiger partial charge in [-0.1, -0.05) is 12.7 Å². The highest BCUT2D eigenvalue weighted by Crippen LogP contribution is 2.23. The van der Waals surface area contributed by atoms with Gasteiger partial charge >= 0.3 is 5.97 Å². The number of carbonyl (C=O) groups is 2. The fourth-order valence-electron chi connectivity index (χ4n) is 2.35. The normalized spacial score (nSPS) is 30.4. The molecule has 1 amide bonds. The molecule has 0 saturated carbocycles. The van der Waals surface area contributed by atoms with Gasteiger partial charge in [0, 0.05) is 12.6 Å². The summed E-state index contributed by atoms with van der Waals surface area (Å²) in [6.07, 6.45) is -5.05. The van der Waals surface area contributed by atoms with Crippen LogP contribution in [0.1, 0.15) is 6.42 Å². The van der Waals surface area contributed by atoms with E-state index in [0.29, 0.717) is 0 Å². The molecular formula is C16H26N2O10. The fourth-order valence-corrected chi connectivity index (χ4v) is 2.35. The van der Waals surface area contributed by atoms with Gasteiger partial charge in [0.25, 0.3) is 5.91 Å². The molecule has 0 aliphatic carbocycles. The molecule has 9 N–H and O–H groups in total. The number of carboxylic acids is 1. The van der Waals surface area contributed by atoms with Gasteiger partial charge < -0.3 is 45.8 Å². The van der Waals surface area contributed by atoms with Crippen molar-refractivity contribution in [3.63, 3.8) is 0 Å². The number of carbonyl (C=O) groups excluding carboxylic acids is 1. The SMILES string of the molecule is C=C/C(=C/NC(=O)[C@@H](O)C[C@H](NC[C@@]1(O)OC[C@@H](O)[C@@H](O)[C@@H]1O)C(=O)O)CO. The molecule has 1 aliphatic heterocycles. The van der Waals surface area contributed by atoms with Crippen molar-refractivity contribution in [2.24, 2.45) is 0 Å². The van der Waals surface area contributed by atoms with E-state index in [1.165, 1.54) is 6.08 Å². The molecular weight excluding hydrogens is 380 g/mol. The molecule has 12 nitrogen and oxygen atoms in total. The van der Waals surface area contributed by atoms with E-state index in [-0.39, 0.29) is 5.57 Å². The van der Waals surface area contributed by atoms with Crippen molar-refractivity contribution in [1.82, 2.24) is 10.6 Å². The van der Waals surface area contributed by atoms with Gasteiger partial charge in [-0.15, -0.1) is 0 Å². The van der Waals surface area contributed by atoms with Gasteiger partial charge in [0.05, 0.1) is 19.8 Å². The quantitative estimate of drug-likeness (QED) is 0.159. The fraction of sp³-hybridized carbons (Fsp3) is 0.625. The second-order valence-electron chi connectivity index (χ2n) is 6.27. The van der Waals surface area contributed by atoms with Crippen LogP contribution in [0.15, 0.2) is 24.4 Å². The highest BCUT2D eigenvalue weighted by Gasteiger charge is 2.48. The minimum atomic E-state index is -2.39. The Morgan fingerprint density at radius 2 is 1.96 bits per heavy atom. The van der Waals surface area contributed by atoms with Gasteiger partial charge in [-0.3, -0.25) is 14.9 Å². The van der Waals surface area contributed by atoms with Crippen molar-refractivity contribution in [2.75, 3.05) is 19.8 Å². The van der Waals surface area contributed by atoms with Gasteiger partial charge in [0.1, 0.15) is 30.5 Å². The van der Waals surface area contributed by atoms with E-state index in [1.54, 1.807) is 0 Å². The van der Waals surface area contributed by atoms with Crippen molar-refractivity contribution >= 4 is 11.9 Å². The van der Waals surface area contributed by atoms with Crippen LogP contribution in [0.3, 0.4) is 0 Å². The second-order valence-corrected chi connectivity index (χ2v) is 6.27. The van der Waals surface area contributed by atoms with E-state index in [2.05, 4.69) is 17.2 Å². The van der Waals surface area contributed by atoms with Gasteiger partial charge in [-0.2, -0.15) is 0 Å². The molecule has 1 heterocycles. The largest absolute Gasteiger partial charge is 0.480 e. The van der Waals surface area contributed by atoms with Crippen LogP contribution in [0.4, 0.5) is 0 Å². The summed E-state index contributed by atoms with van der Waals surface area (Å²) in [5, 5.41) is 71.6. The lowest BCUT2D eigenvalue weighted by molar-refractivity contribution is -0.318. The zero-order chi connectivity index (χ0) is 21.5. The molecule has 0 spiro atoms. The average Bonchev–Trinajstić information content (AvgIpc) is 2.67. The summed E-state index contributed by atoms with van der Waals surface area (Å²) >= 11 is 0. The Balaban J connectivity index is 2.68. The topological polar surface area (TPSA) is 209 Å². The number of hydrogen-bond donors (Lipinski definition) is 9. The van der Waals surface area contributed by atoms with E-state index in [1.807, 2.05) is 0 Å². The lowest BCUT2D eigenvalue weighted by Crippen LogP contribution is -2.65. The number of aliphatic hydroxyl groups is 6. The molecule has 1 fully saturated rings. The number of hydrogen-bond acceptors (Lipinski definition) is 10. The monoisotopic (exact) mass is 406 g/mol. The molecule has 0 bridgehead atoms. The van der Waals surface area contributed by atoms with Crippen molar-refractivity contribution in [1.29, 1.82) is 0 Å². The van der Waals surface area contributed by atoms with Crippen LogP contribution in [0.25, 0.3) is 0 Å². The van der Waals surface area contributed by atoms with E-state index in [0.717, 1.165) is 6.20 Å². The molecule has 28 heavy (non-hydrogen) atoms. The Labute approximate surface area is 160 Å². The van der Waals surface area contributed by atoms with Crippen molar-refractivity contribution in [3.8, 4) is 0 Å². The summed E-state index contributed by atoms with van der Waals surface area (Å²) in [5.74, 6) is -4.78. The van der Waals surface area contributed by atoms with E-state index >= 15 is 0 Å². The maximum absolute atomic E-state index is 11.8. The molecule has 1 rings (SSSR count). The molecule has 0 aromatic rings. The smallest absolute Gasteiger partial charge is 0.320 e. The minimum Gasteiger partial charge on any atom is -0.480 e. The molecule has 0 radical (unpaired) electrons. The first-order valence-electron chi connectivity index (χ1n) is 8.33. The Bertz CT molecular complexity index is 598. The Morgan fingerprint density at radius 1 is 1.32 bits per heavy atom. The third-order valence-electron chi connectivity index (χ3n) is 4.19. The van der Waals surface area contributed by atoms with Gasteiger partial charge in [-0.25, -0.2) is 0 Å². The summed E-state index contributed by atoms with van der Waals surface area (Å²) in [6, 6.07) is -1.52. The number of carboxylic acid groups (broad SMARTS) is 1. The lowest BCUT2D eigenvalue weighted by Gasteiger charge is -2.42. The number of nitrogens with one attached hydrogen (secondary N) is 2. The third kappa shape index (κ3) is 6.32. The molecule has 0 aromatic heterocycles. The molecule has 0 unspecified atom stereocenters. The highest BCUT2D eigenvalue weighted by molar-refractivity contribution is 5.83. The molecule has 1 saturated heterocycles. The zero-order valence-corrected chi connectivity index (χ0v) is 14.9. The number of ether oxygens (including phenoxy) is 1. The summed E-state index contributed by atoms with van der Waals surface area (Å²) in [6.45, 7) is 1.83. The first-order valence-corrected chi connectivity index (χ1v) is 8.33. The highest BCUT2D eigenvalue weighted by atomic mass is 16.6. The maximum Gasteiger partial charge on any atom is 0.320 e. The van der Waals surface area contributed by atoms with Crippen LogP contribution in [0.5, 0.6) is 0 Å². The Morgan fingerprint density at radius 3 is 2.50 bits per heavy atom. The Hall–Kier alpha value is -1.90. The average molecular weight is 406 g/mol. The molecule has 12 heteroatoms. The van der Waals surface area contributed by atoms with Crippen LogP contribution in [-0.2, 0) is 14.3 Å². The lowest BCUT2D eigenvalue weighted by atomic mass is 9.96. The minimum absolute atomic E-state index is 0.264. The number of aliphatic carboxylic acids is 1. The van der Waals surface area contributed by atoms with Crippen LogP contribution in [0.2, 0.25) is 0 Å². The third-order valence-corrected chi connectivity index (χ3v) is 4.19. The first-order chi connectivity index (χ1) is 13.1. The number of aliphatic hydroxyl groups excluding tert-OH is 5. The predicted molar refractivity (Wildman–Crippen MR) is 92.5 cm³/mol. The zero-order valence-electron chi connectivity index (χ0n) is 14.9. The summed E-state index contributed by atoms with van der Waals surface area (Å²) in [4.78, 5) is 23.2. The van der Waals surface area contributed by atoms with Crippen molar-refractivity contribution in [3.05, 3.63) is 24.4 Å². The number of amides is 1. The predicted octanol–water partition coefficient (Wildman–Crippen LogP) is -4.24. The van der Waals surface area contributed by atoms with Crippen LogP contribution >= 0.6 is 0 Å². The van der Waals surface area contributed by atoms with Crippen molar-refractivity contribution < 1.29 is 50.1 Å². The van der Waals surface area contributed by atoms with Crippen LogP contribution < -0.4 is 10.6 Å². The van der Waals surface area contributed by atoms with Gasteiger partial charge in [0.15, 0.2) is 0 Å². The summed E-state index contributed by atoms with van der Waals surface area (Å²) in [7, 11) is 0. The molecule has 1 aliphatic rings. The van der Waals surface area contributed by atoms with Crippen LogP contribution in [-0.4, -0.2) is 104 Å². The Kier molecular flexibility index (Phi) is 9.13. The first kappa shape index (κ1) is 24.1.